The third kappa shape index (κ3) is 3.44. The highest BCUT2D eigenvalue weighted by molar-refractivity contribution is 5.60. The second-order valence-electron chi connectivity index (χ2n) is 4.83. The van der Waals surface area contributed by atoms with Crippen LogP contribution in [-0.4, -0.2) is 24.7 Å². The third-order valence-corrected chi connectivity index (χ3v) is 2.93. The molecule has 1 rings (SSSR count). The maximum absolute atomic E-state index is 9.21. The molecule has 1 atom stereocenters. The van der Waals surface area contributed by atoms with E-state index >= 15 is 0 Å². The van der Waals surface area contributed by atoms with Crippen molar-refractivity contribution in [2.24, 2.45) is 5.92 Å². The Morgan fingerprint density at radius 1 is 1.44 bits per heavy atom. The highest BCUT2D eigenvalue weighted by Gasteiger charge is 2.16. The molecule has 98 valence electrons. The van der Waals surface area contributed by atoms with Gasteiger partial charge in [-0.1, -0.05) is 13.8 Å². The van der Waals surface area contributed by atoms with E-state index < -0.39 is 0 Å². The average Bonchev–Trinajstić information content (AvgIpc) is 2.27. The van der Waals surface area contributed by atoms with Gasteiger partial charge < -0.3 is 10.1 Å². The van der Waals surface area contributed by atoms with Gasteiger partial charge in [-0.3, -0.25) is 4.98 Å². The fourth-order valence-electron chi connectivity index (χ4n) is 1.86. The van der Waals surface area contributed by atoms with Gasteiger partial charge in [0.2, 0.25) is 0 Å². The molecule has 4 nitrogen and oxygen atoms in total. The summed E-state index contributed by atoms with van der Waals surface area (Å²) < 4.78 is 5.21. The Hall–Kier alpha value is -1.60. The van der Waals surface area contributed by atoms with Gasteiger partial charge in [-0.15, -0.1) is 0 Å². The summed E-state index contributed by atoms with van der Waals surface area (Å²) in [7, 11) is 1.69. The molecule has 1 aromatic rings. The van der Waals surface area contributed by atoms with E-state index in [2.05, 4.69) is 30.2 Å². The first-order valence-corrected chi connectivity index (χ1v) is 6.13. The standard InChI is InChI=1S/C14H21N3O/c1-9(2)14(8-18-5)17-13-6-10(3)16-11(4)12(13)7-15/h6,9,14H,8H2,1-5H3,(H,16,17). The van der Waals surface area contributed by atoms with Gasteiger partial charge in [-0.25, -0.2) is 0 Å². The summed E-state index contributed by atoms with van der Waals surface area (Å²) >= 11 is 0. The molecule has 0 aliphatic heterocycles. The number of hydrogen-bond donors (Lipinski definition) is 1. The highest BCUT2D eigenvalue weighted by atomic mass is 16.5. The van der Waals surface area contributed by atoms with Gasteiger partial charge in [0.15, 0.2) is 0 Å². The first kappa shape index (κ1) is 14.5. The number of aryl methyl sites for hydroxylation is 2. The van der Waals surface area contributed by atoms with Crippen molar-refractivity contribution in [3.8, 4) is 6.07 Å². The minimum Gasteiger partial charge on any atom is -0.383 e. The minimum absolute atomic E-state index is 0.184. The summed E-state index contributed by atoms with van der Waals surface area (Å²) in [4.78, 5) is 4.31. The normalized spacial score (nSPS) is 12.3. The van der Waals surface area contributed by atoms with Gasteiger partial charge in [0, 0.05) is 12.8 Å². The van der Waals surface area contributed by atoms with Crippen LogP contribution in [0.25, 0.3) is 0 Å². The Balaban J connectivity index is 3.05. The largest absolute Gasteiger partial charge is 0.383 e. The zero-order valence-corrected chi connectivity index (χ0v) is 11.7. The summed E-state index contributed by atoms with van der Waals surface area (Å²) in [5.74, 6) is 0.422. The molecule has 0 spiro atoms. The number of rotatable bonds is 5. The van der Waals surface area contributed by atoms with E-state index in [9.17, 15) is 5.26 Å². The highest BCUT2D eigenvalue weighted by Crippen LogP contribution is 2.21. The predicted molar refractivity (Wildman–Crippen MR) is 72.6 cm³/mol. The molecule has 4 heteroatoms. The zero-order chi connectivity index (χ0) is 13.7. The first-order chi connectivity index (χ1) is 8.49. The number of hydrogen-bond acceptors (Lipinski definition) is 4. The topological polar surface area (TPSA) is 57.9 Å². The van der Waals surface area contributed by atoms with E-state index in [-0.39, 0.29) is 6.04 Å². The van der Waals surface area contributed by atoms with E-state index in [1.54, 1.807) is 7.11 Å². The van der Waals surface area contributed by atoms with Crippen LogP contribution in [0.1, 0.15) is 30.8 Å². The molecule has 1 aromatic heterocycles. The third-order valence-electron chi connectivity index (χ3n) is 2.93. The maximum Gasteiger partial charge on any atom is 0.103 e. The molecule has 0 fully saturated rings. The molecule has 0 saturated carbocycles. The van der Waals surface area contributed by atoms with E-state index in [1.165, 1.54) is 0 Å². The van der Waals surface area contributed by atoms with E-state index in [4.69, 9.17) is 4.74 Å². The monoisotopic (exact) mass is 247 g/mol. The predicted octanol–water partition coefficient (Wildman–Crippen LogP) is 2.65. The number of nitrogens with zero attached hydrogens (tertiary/aromatic N) is 2. The van der Waals surface area contributed by atoms with Gasteiger partial charge in [-0.2, -0.15) is 5.26 Å². The van der Waals surface area contributed by atoms with Crippen LogP contribution in [0.15, 0.2) is 6.07 Å². The fraction of sp³-hybridized carbons (Fsp3) is 0.571. The SMILES string of the molecule is COCC(Nc1cc(C)nc(C)c1C#N)C(C)C. The lowest BCUT2D eigenvalue weighted by molar-refractivity contribution is 0.171. The lowest BCUT2D eigenvalue weighted by Crippen LogP contribution is -2.31. The van der Waals surface area contributed by atoms with Crippen molar-refractivity contribution in [2.75, 3.05) is 19.0 Å². The summed E-state index contributed by atoms with van der Waals surface area (Å²) in [6.45, 7) is 8.66. The Morgan fingerprint density at radius 3 is 2.61 bits per heavy atom. The Morgan fingerprint density at radius 2 is 2.11 bits per heavy atom. The summed E-state index contributed by atoms with van der Waals surface area (Å²) in [6.07, 6.45) is 0. The van der Waals surface area contributed by atoms with E-state index in [0.29, 0.717) is 18.1 Å². The molecule has 1 N–H and O–H groups in total. The number of anilines is 1. The van der Waals surface area contributed by atoms with Crippen molar-refractivity contribution in [3.05, 3.63) is 23.0 Å². The first-order valence-electron chi connectivity index (χ1n) is 6.13. The number of nitriles is 1. The molecule has 0 aliphatic carbocycles. The molecule has 0 aliphatic rings. The lowest BCUT2D eigenvalue weighted by Gasteiger charge is -2.23. The van der Waals surface area contributed by atoms with Crippen LogP contribution in [0.2, 0.25) is 0 Å². The van der Waals surface area contributed by atoms with Crippen molar-refractivity contribution in [3.63, 3.8) is 0 Å². The van der Waals surface area contributed by atoms with Crippen molar-refractivity contribution in [1.82, 2.24) is 4.98 Å². The van der Waals surface area contributed by atoms with Gasteiger partial charge in [0.1, 0.15) is 6.07 Å². The van der Waals surface area contributed by atoms with Crippen LogP contribution in [0.3, 0.4) is 0 Å². The molecule has 0 amide bonds. The number of pyridine rings is 1. The molecule has 0 saturated heterocycles. The van der Waals surface area contributed by atoms with Crippen LogP contribution in [-0.2, 0) is 4.74 Å². The van der Waals surface area contributed by atoms with Crippen molar-refractivity contribution in [2.45, 2.75) is 33.7 Å². The summed E-state index contributed by atoms with van der Waals surface area (Å²) in [6, 6.07) is 4.31. The lowest BCUT2D eigenvalue weighted by atomic mass is 10.0. The molecular formula is C14H21N3O. The van der Waals surface area contributed by atoms with Crippen LogP contribution in [0, 0.1) is 31.1 Å². The van der Waals surface area contributed by atoms with E-state index in [1.807, 2.05) is 19.9 Å². The molecule has 1 unspecified atom stereocenters. The van der Waals surface area contributed by atoms with Crippen molar-refractivity contribution >= 4 is 5.69 Å². The van der Waals surface area contributed by atoms with Gasteiger partial charge >= 0.3 is 0 Å². The molecule has 1 heterocycles. The van der Waals surface area contributed by atoms with Crippen molar-refractivity contribution in [1.29, 1.82) is 5.26 Å². The molecule has 0 radical (unpaired) electrons. The number of aromatic nitrogens is 1. The minimum atomic E-state index is 0.184. The second kappa shape index (κ2) is 6.36. The summed E-state index contributed by atoms with van der Waals surface area (Å²) in [5, 5.41) is 12.6. The number of ether oxygens (including phenoxy) is 1. The molecular weight excluding hydrogens is 226 g/mol. The van der Waals surface area contributed by atoms with Crippen LogP contribution in [0.5, 0.6) is 0 Å². The number of nitrogens with one attached hydrogen (secondary N) is 1. The second-order valence-corrected chi connectivity index (χ2v) is 4.83. The maximum atomic E-state index is 9.21. The molecule has 0 aromatic carbocycles. The average molecular weight is 247 g/mol. The Kier molecular flexibility index (Phi) is 5.11. The number of methoxy groups -OCH3 is 1. The quantitative estimate of drug-likeness (QED) is 0.869. The van der Waals surface area contributed by atoms with Crippen molar-refractivity contribution < 1.29 is 4.74 Å². The Bertz CT molecular complexity index is 449. The van der Waals surface area contributed by atoms with Gasteiger partial charge in [-0.05, 0) is 25.8 Å². The van der Waals surface area contributed by atoms with Crippen LogP contribution in [0.4, 0.5) is 5.69 Å². The van der Waals surface area contributed by atoms with Gasteiger partial charge in [0.05, 0.1) is 29.6 Å². The van der Waals surface area contributed by atoms with Crippen LogP contribution >= 0.6 is 0 Å². The fourth-order valence-corrected chi connectivity index (χ4v) is 1.86. The smallest absolute Gasteiger partial charge is 0.103 e. The molecule has 0 bridgehead atoms. The zero-order valence-electron chi connectivity index (χ0n) is 11.7. The summed E-state index contributed by atoms with van der Waals surface area (Å²) in [5.41, 5.74) is 3.13. The molecule has 18 heavy (non-hydrogen) atoms. The van der Waals surface area contributed by atoms with E-state index in [0.717, 1.165) is 17.1 Å². The van der Waals surface area contributed by atoms with Gasteiger partial charge in [0.25, 0.3) is 0 Å². The van der Waals surface area contributed by atoms with Crippen LogP contribution < -0.4 is 5.32 Å². The Labute approximate surface area is 109 Å².